The Bertz CT molecular complexity index is 802. The standard InChI is InChI=1S/C23H30N2O4/c1-28-23(29-2)20-10-6-12-25(20)22(27)19-9-5-11-24(19)21(26)15-16-13-17-7-3-4-8-18(17)14-16/h3-4,7-8,13,19-20,23H,5-6,9-12,14-15H2,1-2H3/t19-,20-/m0/s1. The summed E-state index contributed by atoms with van der Waals surface area (Å²) in [6.07, 6.45) is 6.32. The molecule has 0 spiro atoms. The van der Waals surface area contributed by atoms with Crippen molar-refractivity contribution >= 4 is 17.9 Å². The van der Waals surface area contributed by atoms with E-state index in [4.69, 9.17) is 9.47 Å². The number of nitrogens with zero attached hydrogens (tertiary/aromatic N) is 2. The van der Waals surface area contributed by atoms with E-state index < -0.39 is 6.29 Å². The molecule has 0 radical (unpaired) electrons. The predicted molar refractivity (Wildman–Crippen MR) is 110 cm³/mol. The third-order valence-corrected chi connectivity index (χ3v) is 6.43. The van der Waals surface area contributed by atoms with E-state index >= 15 is 0 Å². The van der Waals surface area contributed by atoms with Crippen LogP contribution in [0.3, 0.4) is 0 Å². The zero-order chi connectivity index (χ0) is 20.4. The monoisotopic (exact) mass is 398 g/mol. The summed E-state index contributed by atoms with van der Waals surface area (Å²) in [4.78, 5) is 30.1. The van der Waals surface area contributed by atoms with Gasteiger partial charge in [-0.1, -0.05) is 35.9 Å². The normalized spacial score (nSPS) is 23.6. The molecule has 0 aromatic heterocycles. The molecule has 6 nitrogen and oxygen atoms in total. The van der Waals surface area contributed by atoms with Crippen LogP contribution < -0.4 is 0 Å². The molecule has 0 unspecified atom stereocenters. The van der Waals surface area contributed by atoms with E-state index in [0.29, 0.717) is 19.5 Å². The van der Waals surface area contributed by atoms with Crippen molar-refractivity contribution in [3.05, 3.63) is 41.0 Å². The lowest BCUT2D eigenvalue weighted by Crippen LogP contribution is -2.52. The third-order valence-electron chi connectivity index (χ3n) is 6.43. The number of fused-ring (bicyclic) bond motifs is 1. The van der Waals surface area contributed by atoms with Crippen molar-refractivity contribution in [1.29, 1.82) is 0 Å². The Morgan fingerprint density at radius 2 is 1.79 bits per heavy atom. The Morgan fingerprint density at radius 1 is 1.07 bits per heavy atom. The van der Waals surface area contributed by atoms with Crippen molar-refractivity contribution in [2.45, 2.75) is 56.9 Å². The molecule has 29 heavy (non-hydrogen) atoms. The van der Waals surface area contributed by atoms with Crippen molar-refractivity contribution in [2.24, 2.45) is 0 Å². The summed E-state index contributed by atoms with van der Waals surface area (Å²) < 4.78 is 10.8. The Hall–Kier alpha value is -2.18. The van der Waals surface area contributed by atoms with E-state index in [0.717, 1.165) is 37.7 Å². The predicted octanol–water partition coefficient (Wildman–Crippen LogP) is 2.62. The van der Waals surface area contributed by atoms with Gasteiger partial charge in [-0.3, -0.25) is 9.59 Å². The number of rotatable bonds is 6. The highest BCUT2D eigenvalue weighted by Gasteiger charge is 2.42. The maximum absolute atomic E-state index is 13.3. The molecule has 2 amide bonds. The van der Waals surface area contributed by atoms with Crippen molar-refractivity contribution in [3.8, 4) is 0 Å². The van der Waals surface area contributed by atoms with Crippen LogP contribution in [0.4, 0.5) is 0 Å². The van der Waals surface area contributed by atoms with Crippen LogP contribution in [0.25, 0.3) is 6.08 Å². The summed E-state index contributed by atoms with van der Waals surface area (Å²) in [6.45, 7) is 1.36. The molecule has 3 aliphatic rings. The molecule has 4 rings (SSSR count). The van der Waals surface area contributed by atoms with Crippen LogP contribution in [0.2, 0.25) is 0 Å². The molecule has 2 aliphatic heterocycles. The van der Waals surface area contributed by atoms with Crippen LogP contribution in [-0.4, -0.2) is 67.3 Å². The molecule has 0 N–H and O–H groups in total. The van der Waals surface area contributed by atoms with Crippen molar-refractivity contribution < 1.29 is 19.1 Å². The third kappa shape index (κ3) is 3.96. The van der Waals surface area contributed by atoms with Gasteiger partial charge < -0.3 is 19.3 Å². The topological polar surface area (TPSA) is 59.1 Å². The maximum atomic E-state index is 13.3. The number of amides is 2. The molecule has 2 atom stereocenters. The minimum atomic E-state index is -0.422. The minimum absolute atomic E-state index is 0.0427. The number of benzene rings is 1. The Kier molecular flexibility index (Phi) is 6.01. The first kappa shape index (κ1) is 20.1. The Morgan fingerprint density at radius 3 is 2.55 bits per heavy atom. The van der Waals surface area contributed by atoms with E-state index in [9.17, 15) is 9.59 Å². The summed E-state index contributed by atoms with van der Waals surface area (Å²) in [5.74, 6) is 0.104. The summed E-state index contributed by atoms with van der Waals surface area (Å²) in [5, 5.41) is 0. The second-order valence-electron chi connectivity index (χ2n) is 8.18. The van der Waals surface area contributed by atoms with Crippen LogP contribution in [0.15, 0.2) is 29.8 Å². The van der Waals surface area contributed by atoms with Crippen LogP contribution >= 0.6 is 0 Å². The second kappa shape index (κ2) is 8.67. The lowest BCUT2D eigenvalue weighted by Gasteiger charge is -2.34. The van der Waals surface area contributed by atoms with Gasteiger partial charge in [0.1, 0.15) is 6.04 Å². The molecule has 2 fully saturated rings. The number of methoxy groups -OCH3 is 2. The summed E-state index contributed by atoms with van der Waals surface area (Å²) >= 11 is 0. The zero-order valence-corrected chi connectivity index (χ0v) is 17.3. The minimum Gasteiger partial charge on any atom is -0.354 e. The number of hydrogen-bond donors (Lipinski definition) is 0. The number of likely N-dealkylation sites (tertiary alicyclic amines) is 2. The van der Waals surface area contributed by atoms with Crippen LogP contribution in [0.1, 0.15) is 43.2 Å². The molecule has 2 saturated heterocycles. The van der Waals surface area contributed by atoms with E-state index in [1.54, 1.807) is 19.1 Å². The van der Waals surface area contributed by atoms with Crippen LogP contribution in [0.5, 0.6) is 0 Å². The first-order valence-electron chi connectivity index (χ1n) is 10.5. The molecular formula is C23H30N2O4. The fourth-order valence-electron chi connectivity index (χ4n) is 5.03. The average Bonchev–Trinajstić information content (AvgIpc) is 3.47. The smallest absolute Gasteiger partial charge is 0.245 e. The molecule has 1 aliphatic carbocycles. The number of ether oxygens (including phenoxy) is 2. The van der Waals surface area contributed by atoms with Gasteiger partial charge in [-0.05, 0) is 43.2 Å². The highest BCUT2D eigenvalue weighted by Crippen LogP contribution is 2.30. The zero-order valence-electron chi connectivity index (χ0n) is 17.3. The summed E-state index contributed by atoms with van der Waals surface area (Å²) in [6, 6.07) is 7.82. The van der Waals surface area contributed by atoms with E-state index in [2.05, 4.69) is 18.2 Å². The number of hydrogen-bond acceptors (Lipinski definition) is 4. The van der Waals surface area contributed by atoms with E-state index in [1.165, 1.54) is 11.1 Å². The van der Waals surface area contributed by atoms with Crippen LogP contribution in [0, 0.1) is 0 Å². The lowest BCUT2D eigenvalue weighted by atomic mass is 10.1. The molecule has 2 heterocycles. The van der Waals surface area contributed by atoms with Gasteiger partial charge in [0.05, 0.1) is 6.04 Å². The van der Waals surface area contributed by atoms with Gasteiger partial charge in [0.15, 0.2) is 6.29 Å². The first-order valence-corrected chi connectivity index (χ1v) is 10.5. The van der Waals surface area contributed by atoms with Crippen molar-refractivity contribution in [2.75, 3.05) is 27.3 Å². The second-order valence-corrected chi connectivity index (χ2v) is 8.18. The SMILES string of the molecule is COC(OC)[C@@H]1CCCN1C(=O)[C@@H]1CCCN1C(=O)CC1=Cc2ccccc2C1. The van der Waals surface area contributed by atoms with Crippen molar-refractivity contribution in [1.82, 2.24) is 9.80 Å². The van der Waals surface area contributed by atoms with Gasteiger partial charge in [-0.2, -0.15) is 0 Å². The average molecular weight is 399 g/mol. The van der Waals surface area contributed by atoms with Gasteiger partial charge in [0, 0.05) is 33.7 Å². The number of carbonyl (C=O) groups excluding carboxylic acids is 2. The van der Waals surface area contributed by atoms with Gasteiger partial charge in [0.25, 0.3) is 0 Å². The van der Waals surface area contributed by atoms with E-state index in [-0.39, 0.29) is 23.9 Å². The van der Waals surface area contributed by atoms with Crippen LogP contribution in [-0.2, 0) is 25.5 Å². The highest BCUT2D eigenvalue weighted by atomic mass is 16.7. The summed E-state index contributed by atoms with van der Waals surface area (Å²) in [5.41, 5.74) is 3.61. The Balaban J connectivity index is 1.42. The molecular weight excluding hydrogens is 368 g/mol. The first-order chi connectivity index (χ1) is 14.1. The quantitative estimate of drug-likeness (QED) is 0.691. The molecule has 0 bridgehead atoms. The Labute approximate surface area is 172 Å². The molecule has 0 saturated carbocycles. The van der Waals surface area contributed by atoms with Gasteiger partial charge in [0.2, 0.25) is 11.8 Å². The molecule has 1 aromatic rings. The van der Waals surface area contributed by atoms with Gasteiger partial charge in [-0.15, -0.1) is 0 Å². The number of carbonyl (C=O) groups is 2. The fraction of sp³-hybridized carbons (Fsp3) is 0.565. The maximum Gasteiger partial charge on any atom is 0.245 e. The molecule has 6 heteroatoms. The van der Waals surface area contributed by atoms with Gasteiger partial charge in [-0.25, -0.2) is 0 Å². The molecule has 1 aromatic carbocycles. The lowest BCUT2D eigenvalue weighted by molar-refractivity contribution is -0.161. The fourth-order valence-corrected chi connectivity index (χ4v) is 5.03. The van der Waals surface area contributed by atoms with Gasteiger partial charge >= 0.3 is 0 Å². The largest absolute Gasteiger partial charge is 0.354 e. The summed E-state index contributed by atoms with van der Waals surface area (Å²) in [7, 11) is 3.21. The molecule has 156 valence electrons. The highest BCUT2D eigenvalue weighted by molar-refractivity contribution is 5.90. The van der Waals surface area contributed by atoms with E-state index in [1.807, 2.05) is 17.0 Å². The van der Waals surface area contributed by atoms with Crippen molar-refractivity contribution in [3.63, 3.8) is 0 Å².